The van der Waals surface area contributed by atoms with Crippen LogP contribution < -0.4 is 15.8 Å². The van der Waals surface area contributed by atoms with E-state index < -0.39 is 11.7 Å². The average molecular weight is 404 g/mol. The van der Waals surface area contributed by atoms with Gasteiger partial charge in [0, 0.05) is 23.5 Å². The molecule has 2 aromatic carbocycles. The zero-order valence-electron chi connectivity index (χ0n) is 16.6. The Balaban J connectivity index is 1.90. The van der Waals surface area contributed by atoms with Crippen LogP contribution in [0.1, 0.15) is 11.1 Å². The number of nitrogens with one attached hydrogen (secondary N) is 1. The number of benzene rings is 2. The first-order valence-corrected chi connectivity index (χ1v) is 9.45. The highest BCUT2D eigenvalue weighted by Crippen LogP contribution is 2.38. The van der Waals surface area contributed by atoms with Gasteiger partial charge < -0.3 is 15.8 Å². The molecule has 0 radical (unpaired) electrons. The van der Waals surface area contributed by atoms with Crippen molar-refractivity contribution in [1.29, 1.82) is 0 Å². The highest BCUT2D eigenvalue weighted by Gasteiger charge is 2.20. The van der Waals surface area contributed by atoms with E-state index in [0.29, 0.717) is 22.7 Å². The second kappa shape index (κ2) is 7.87. The minimum absolute atomic E-state index is 0.196. The normalized spacial score (nSPS) is 10.9. The van der Waals surface area contributed by atoms with Gasteiger partial charge in [-0.1, -0.05) is 24.3 Å². The second-order valence-corrected chi connectivity index (χ2v) is 7.03. The maximum Gasteiger partial charge on any atom is 0.255 e. The number of primary amides is 1. The van der Waals surface area contributed by atoms with Gasteiger partial charge in [-0.05, 0) is 49.2 Å². The minimum Gasteiger partial charge on any atom is -0.483 e. The van der Waals surface area contributed by atoms with E-state index in [2.05, 4.69) is 5.32 Å². The van der Waals surface area contributed by atoms with Crippen LogP contribution in [0.5, 0.6) is 5.75 Å². The van der Waals surface area contributed by atoms with E-state index in [-0.39, 0.29) is 12.4 Å². The van der Waals surface area contributed by atoms with E-state index in [1.54, 1.807) is 6.07 Å². The molecule has 0 fully saturated rings. The number of aromatic nitrogens is 2. The maximum absolute atomic E-state index is 13.9. The molecule has 152 valence electrons. The zero-order chi connectivity index (χ0) is 21.3. The summed E-state index contributed by atoms with van der Waals surface area (Å²) >= 11 is 0. The van der Waals surface area contributed by atoms with Gasteiger partial charge in [-0.15, -0.1) is 0 Å². The lowest BCUT2D eigenvalue weighted by molar-refractivity contribution is -0.119. The molecule has 0 bridgehead atoms. The number of carbonyl (C=O) groups is 1. The molecule has 1 amide bonds. The van der Waals surface area contributed by atoms with Gasteiger partial charge in [-0.3, -0.25) is 9.20 Å². The Morgan fingerprint density at radius 3 is 2.63 bits per heavy atom. The van der Waals surface area contributed by atoms with E-state index in [0.717, 1.165) is 16.8 Å². The third-order valence-electron chi connectivity index (χ3n) is 4.82. The Kier molecular flexibility index (Phi) is 5.10. The van der Waals surface area contributed by atoms with Crippen molar-refractivity contribution in [1.82, 2.24) is 9.38 Å². The maximum atomic E-state index is 13.9. The van der Waals surface area contributed by atoms with Gasteiger partial charge in [0.1, 0.15) is 28.7 Å². The summed E-state index contributed by atoms with van der Waals surface area (Å²) in [7, 11) is 0. The summed E-state index contributed by atoms with van der Waals surface area (Å²) in [5.74, 6) is -0.222. The Bertz CT molecular complexity index is 1230. The number of para-hydroxylation sites is 1. The number of fused-ring (bicyclic) bond motifs is 1. The highest BCUT2D eigenvalue weighted by molar-refractivity contribution is 5.84. The number of nitrogens with two attached hydrogens (primary N) is 1. The summed E-state index contributed by atoms with van der Waals surface area (Å²) in [6, 6.07) is 15.9. The first-order chi connectivity index (χ1) is 14.4. The highest BCUT2D eigenvalue weighted by atomic mass is 19.1. The number of nitrogens with zero attached hydrogens (tertiary/aromatic N) is 2. The van der Waals surface area contributed by atoms with E-state index >= 15 is 0 Å². The lowest BCUT2D eigenvalue weighted by Gasteiger charge is -2.15. The van der Waals surface area contributed by atoms with Crippen LogP contribution in [0.2, 0.25) is 0 Å². The van der Waals surface area contributed by atoms with Gasteiger partial charge in [0.05, 0.1) is 0 Å². The van der Waals surface area contributed by atoms with Crippen LogP contribution in [0.15, 0.2) is 60.8 Å². The number of aryl methyl sites for hydroxylation is 2. The number of hydrogen-bond donors (Lipinski definition) is 2. The molecule has 0 saturated carbocycles. The molecule has 0 atom stereocenters. The quantitative estimate of drug-likeness (QED) is 0.500. The number of rotatable bonds is 6. The molecule has 4 rings (SSSR count). The summed E-state index contributed by atoms with van der Waals surface area (Å²) in [5.41, 5.74) is 10.2. The van der Waals surface area contributed by atoms with Crippen LogP contribution in [0, 0.1) is 19.7 Å². The molecule has 0 aliphatic carbocycles. The standard InChI is InChI=1S/C23H21FN4O2/c1-14-6-5-7-15(2)21(14)27-23-22(26-20-8-3-4-11-28(20)23)17-10-9-16(24)12-18(17)30-13-19(25)29/h3-12,27H,13H2,1-2H3,(H2,25,29). The average Bonchev–Trinajstić information content (AvgIpc) is 3.07. The first-order valence-electron chi connectivity index (χ1n) is 9.45. The van der Waals surface area contributed by atoms with Crippen molar-refractivity contribution in [3.63, 3.8) is 0 Å². The van der Waals surface area contributed by atoms with E-state index in [1.165, 1.54) is 12.1 Å². The number of amides is 1. The van der Waals surface area contributed by atoms with Crippen LogP contribution in [0.25, 0.3) is 16.9 Å². The van der Waals surface area contributed by atoms with E-state index in [4.69, 9.17) is 15.5 Å². The van der Waals surface area contributed by atoms with Crippen LogP contribution in [0.4, 0.5) is 15.9 Å². The molecular formula is C23H21FN4O2. The monoisotopic (exact) mass is 404 g/mol. The Hall–Kier alpha value is -3.87. The number of hydrogen-bond acceptors (Lipinski definition) is 4. The van der Waals surface area contributed by atoms with Gasteiger partial charge in [-0.25, -0.2) is 9.37 Å². The first kappa shape index (κ1) is 19.4. The van der Waals surface area contributed by atoms with Crippen molar-refractivity contribution in [2.24, 2.45) is 5.73 Å². The molecule has 0 spiro atoms. The lowest BCUT2D eigenvalue weighted by Crippen LogP contribution is -2.20. The molecule has 0 aliphatic rings. The van der Waals surface area contributed by atoms with Gasteiger partial charge in [0.2, 0.25) is 0 Å². The van der Waals surface area contributed by atoms with Crippen molar-refractivity contribution in [2.45, 2.75) is 13.8 Å². The van der Waals surface area contributed by atoms with Crippen molar-refractivity contribution >= 4 is 23.1 Å². The van der Waals surface area contributed by atoms with Gasteiger partial charge in [0.15, 0.2) is 6.61 Å². The molecule has 0 unspecified atom stereocenters. The smallest absolute Gasteiger partial charge is 0.255 e. The summed E-state index contributed by atoms with van der Waals surface area (Å²) < 4.78 is 21.3. The second-order valence-electron chi connectivity index (χ2n) is 7.03. The molecule has 3 N–H and O–H groups in total. The predicted octanol–water partition coefficient (Wildman–Crippen LogP) is 4.36. The largest absolute Gasteiger partial charge is 0.483 e. The van der Waals surface area contributed by atoms with E-state index in [1.807, 2.05) is 60.8 Å². The van der Waals surface area contributed by atoms with Crippen molar-refractivity contribution < 1.29 is 13.9 Å². The fraction of sp³-hybridized carbons (Fsp3) is 0.130. The van der Waals surface area contributed by atoms with Crippen LogP contribution in [-0.2, 0) is 4.79 Å². The number of carbonyl (C=O) groups excluding carboxylic acids is 1. The Labute approximate surface area is 173 Å². The molecule has 2 heterocycles. The van der Waals surface area contributed by atoms with Crippen molar-refractivity contribution in [3.05, 3.63) is 77.7 Å². The molecule has 4 aromatic rings. The lowest BCUT2D eigenvalue weighted by atomic mass is 10.1. The SMILES string of the molecule is Cc1cccc(C)c1Nc1c(-c2ccc(F)cc2OCC(N)=O)nc2ccccn12. The molecule has 30 heavy (non-hydrogen) atoms. The Morgan fingerprint density at radius 1 is 1.13 bits per heavy atom. The molecule has 0 aliphatic heterocycles. The summed E-state index contributed by atoms with van der Waals surface area (Å²) in [5, 5.41) is 3.50. The summed E-state index contributed by atoms with van der Waals surface area (Å²) in [6.45, 7) is 3.69. The number of anilines is 2. The van der Waals surface area contributed by atoms with Gasteiger partial charge in [-0.2, -0.15) is 0 Å². The third-order valence-corrected chi connectivity index (χ3v) is 4.82. The molecule has 7 heteroatoms. The third kappa shape index (κ3) is 3.69. The number of ether oxygens (including phenoxy) is 1. The fourth-order valence-electron chi connectivity index (χ4n) is 3.39. The molecule has 6 nitrogen and oxygen atoms in total. The Morgan fingerprint density at radius 2 is 1.90 bits per heavy atom. The summed E-state index contributed by atoms with van der Waals surface area (Å²) in [4.78, 5) is 15.9. The molecule has 0 saturated heterocycles. The fourth-order valence-corrected chi connectivity index (χ4v) is 3.39. The number of imidazole rings is 1. The van der Waals surface area contributed by atoms with Gasteiger partial charge in [0.25, 0.3) is 5.91 Å². The topological polar surface area (TPSA) is 81.6 Å². The number of halogens is 1. The predicted molar refractivity (Wildman–Crippen MR) is 114 cm³/mol. The minimum atomic E-state index is -0.644. The van der Waals surface area contributed by atoms with Crippen LogP contribution in [0.3, 0.4) is 0 Å². The summed E-state index contributed by atoms with van der Waals surface area (Å²) in [6.07, 6.45) is 1.90. The van der Waals surface area contributed by atoms with Crippen LogP contribution in [-0.4, -0.2) is 21.9 Å². The van der Waals surface area contributed by atoms with Gasteiger partial charge >= 0.3 is 0 Å². The van der Waals surface area contributed by atoms with E-state index in [9.17, 15) is 9.18 Å². The van der Waals surface area contributed by atoms with Crippen molar-refractivity contribution in [3.8, 4) is 17.0 Å². The molecular weight excluding hydrogens is 383 g/mol. The van der Waals surface area contributed by atoms with Crippen LogP contribution >= 0.6 is 0 Å². The number of pyridine rings is 1. The zero-order valence-corrected chi connectivity index (χ0v) is 16.6. The molecule has 2 aromatic heterocycles. The van der Waals surface area contributed by atoms with Crippen molar-refractivity contribution in [2.75, 3.05) is 11.9 Å².